The van der Waals surface area contributed by atoms with Gasteiger partial charge in [-0.25, -0.2) is 0 Å². The third-order valence-electron chi connectivity index (χ3n) is 3.25. The largest absolute Gasteiger partial charge is 0.365 e. The smallest absolute Gasteiger partial charge is 0.291 e. The molecule has 1 N–H and O–H groups in total. The van der Waals surface area contributed by atoms with Crippen LogP contribution in [0.5, 0.6) is 0 Å². The summed E-state index contributed by atoms with van der Waals surface area (Å²) in [6, 6.07) is 16.5. The van der Waals surface area contributed by atoms with Crippen molar-refractivity contribution >= 4 is 40.2 Å². The second kappa shape index (κ2) is 6.42. The summed E-state index contributed by atoms with van der Waals surface area (Å²) < 4.78 is 0. The van der Waals surface area contributed by atoms with Crippen molar-refractivity contribution in [1.82, 2.24) is 4.90 Å². The summed E-state index contributed by atoms with van der Waals surface area (Å²) in [5, 5.41) is 2.84. The van der Waals surface area contributed by atoms with Gasteiger partial charge in [-0.05, 0) is 41.6 Å². The number of nitrogens with one attached hydrogen (secondary N) is 1. The average Bonchev–Trinajstić information content (AvgIpc) is 2.78. The van der Waals surface area contributed by atoms with Crippen LogP contribution in [0.1, 0.15) is 5.56 Å². The Balaban J connectivity index is 1.70. The molecule has 112 valence electrons. The number of hydrogen-bond donors (Lipinski definition) is 1. The van der Waals surface area contributed by atoms with Crippen LogP contribution in [0.25, 0.3) is 0 Å². The zero-order chi connectivity index (χ0) is 15.5. The van der Waals surface area contributed by atoms with Crippen LogP contribution < -0.4 is 5.32 Å². The molecule has 0 spiro atoms. The molecule has 1 heterocycles. The molecule has 1 atom stereocenters. The zero-order valence-corrected chi connectivity index (χ0v) is 13.1. The summed E-state index contributed by atoms with van der Waals surface area (Å²) in [6.45, 7) is 0.296. The molecule has 0 bridgehead atoms. The lowest BCUT2D eigenvalue weighted by molar-refractivity contribution is -0.126. The fourth-order valence-corrected chi connectivity index (χ4v) is 3.18. The minimum atomic E-state index is -0.600. The minimum absolute atomic E-state index is 0.228. The van der Waals surface area contributed by atoms with E-state index in [1.165, 1.54) is 4.90 Å². The highest BCUT2D eigenvalue weighted by atomic mass is 35.5. The Labute approximate surface area is 137 Å². The number of anilines is 1. The van der Waals surface area contributed by atoms with Crippen molar-refractivity contribution in [2.45, 2.75) is 11.9 Å². The van der Waals surface area contributed by atoms with Crippen LogP contribution >= 0.6 is 23.4 Å². The Morgan fingerprint density at radius 1 is 1.05 bits per heavy atom. The average molecular weight is 333 g/mol. The Morgan fingerprint density at radius 2 is 1.73 bits per heavy atom. The number of rotatable bonds is 4. The summed E-state index contributed by atoms with van der Waals surface area (Å²) in [7, 11) is 0. The Kier molecular flexibility index (Phi) is 4.36. The van der Waals surface area contributed by atoms with E-state index in [1.54, 1.807) is 24.3 Å². The monoisotopic (exact) mass is 332 g/mol. The summed E-state index contributed by atoms with van der Waals surface area (Å²) >= 11 is 6.82. The normalized spacial score (nSPS) is 17.9. The van der Waals surface area contributed by atoms with Gasteiger partial charge in [0, 0.05) is 10.7 Å². The quantitative estimate of drug-likeness (QED) is 0.920. The van der Waals surface area contributed by atoms with Crippen molar-refractivity contribution in [3.8, 4) is 0 Å². The maximum Gasteiger partial charge on any atom is 0.291 e. The van der Waals surface area contributed by atoms with Gasteiger partial charge in [0.2, 0.25) is 0 Å². The summed E-state index contributed by atoms with van der Waals surface area (Å²) in [6.07, 6.45) is 0. The van der Waals surface area contributed by atoms with E-state index in [9.17, 15) is 9.59 Å². The number of amides is 2. The lowest BCUT2D eigenvalue weighted by Crippen LogP contribution is -2.33. The molecule has 2 amide bonds. The molecular weight excluding hydrogens is 320 g/mol. The highest BCUT2D eigenvalue weighted by Gasteiger charge is 2.39. The molecule has 1 aliphatic rings. The molecule has 0 unspecified atom stereocenters. The van der Waals surface area contributed by atoms with Gasteiger partial charge in [-0.1, -0.05) is 41.9 Å². The van der Waals surface area contributed by atoms with Crippen LogP contribution in [0.2, 0.25) is 5.02 Å². The summed E-state index contributed by atoms with van der Waals surface area (Å²) in [5.74, 6) is -0.228. The van der Waals surface area contributed by atoms with Crippen LogP contribution in [-0.4, -0.2) is 21.4 Å². The number of nitrogens with zero attached hydrogens (tertiary/aromatic N) is 1. The van der Waals surface area contributed by atoms with E-state index in [2.05, 4.69) is 5.32 Å². The molecule has 1 fully saturated rings. The number of thioether (sulfide) groups is 1. The molecule has 2 aromatic rings. The van der Waals surface area contributed by atoms with Crippen LogP contribution in [0.15, 0.2) is 54.6 Å². The van der Waals surface area contributed by atoms with E-state index in [-0.39, 0.29) is 11.1 Å². The zero-order valence-electron chi connectivity index (χ0n) is 11.5. The van der Waals surface area contributed by atoms with Gasteiger partial charge in [0.15, 0.2) is 5.37 Å². The number of carbonyl (C=O) groups is 2. The van der Waals surface area contributed by atoms with Crippen molar-refractivity contribution in [2.75, 3.05) is 5.32 Å². The first-order chi connectivity index (χ1) is 10.6. The lowest BCUT2D eigenvalue weighted by atomic mass is 10.2. The molecule has 0 radical (unpaired) electrons. The molecular formula is C16H13ClN2O2S. The number of benzene rings is 2. The maximum absolute atomic E-state index is 12.4. The second-order valence-electron chi connectivity index (χ2n) is 4.83. The molecule has 6 heteroatoms. The van der Waals surface area contributed by atoms with Gasteiger partial charge in [-0.2, -0.15) is 0 Å². The highest BCUT2D eigenvalue weighted by molar-refractivity contribution is 8.15. The predicted molar refractivity (Wildman–Crippen MR) is 88.8 cm³/mol. The predicted octanol–water partition coefficient (Wildman–Crippen LogP) is 3.97. The van der Waals surface area contributed by atoms with Crippen molar-refractivity contribution in [2.24, 2.45) is 0 Å². The Hall–Kier alpha value is -1.98. The number of hydrogen-bond acceptors (Lipinski definition) is 4. The van der Waals surface area contributed by atoms with Crippen molar-refractivity contribution in [1.29, 1.82) is 0 Å². The van der Waals surface area contributed by atoms with Crippen LogP contribution in [0.4, 0.5) is 10.5 Å². The van der Waals surface area contributed by atoms with Crippen molar-refractivity contribution in [3.63, 3.8) is 0 Å². The molecule has 3 rings (SSSR count). The minimum Gasteiger partial charge on any atom is -0.365 e. The van der Waals surface area contributed by atoms with Gasteiger partial charge in [-0.15, -0.1) is 0 Å². The van der Waals surface area contributed by atoms with Gasteiger partial charge >= 0.3 is 0 Å². The van der Waals surface area contributed by atoms with Crippen LogP contribution in [0, 0.1) is 0 Å². The summed E-state index contributed by atoms with van der Waals surface area (Å²) in [4.78, 5) is 25.7. The molecule has 1 saturated heterocycles. The fraction of sp³-hybridized carbons (Fsp3) is 0.125. The van der Waals surface area contributed by atoms with Crippen molar-refractivity contribution < 1.29 is 9.59 Å². The molecule has 0 aliphatic carbocycles. The van der Waals surface area contributed by atoms with E-state index in [0.717, 1.165) is 23.0 Å². The molecule has 4 nitrogen and oxygen atoms in total. The molecule has 0 aromatic heterocycles. The Morgan fingerprint density at radius 3 is 2.41 bits per heavy atom. The Bertz CT molecular complexity index is 691. The van der Waals surface area contributed by atoms with Crippen LogP contribution in [0.3, 0.4) is 0 Å². The van der Waals surface area contributed by atoms with Gasteiger partial charge < -0.3 is 5.32 Å². The molecule has 1 aliphatic heterocycles. The second-order valence-corrected chi connectivity index (χ2v) is 6.32. The third kappa shape index (κ3) is 3.26. The number of imide groups is 1. The highest BCUT2D eigenvalue weighted by Crippen LogP contribution is 2.29. The molecule has 2 aromatic carbocycles. The molecule has 0 saturated carbocycles. The van der Waals surface area contributed by atoms with E-state index >= 15 is 0 Å². The van der Waals surface area contributed by atoms with Gasteiger partial charge in [0.25, 0.3) is 11.1 Å². The van der Waals surface area contributed by atoms with Gasteiger partial charge in [0.1, 0.15) is 0 Å². The number of carbonyl (C=O) groups excluding carboxylic acids is 2. The van der Waals surface area contributed by atoms with Crippen LogP contribution in [-0.2, 0) is 11.3 Å². The first kappa shape index (κ1) is 14.9. The van der Waals surface area contributed by atoms with Gasteiger partial charge in [-0.3, -0.25) is 14.5 Å². The van der Waals surface area contributed by atoms with E-state index in [4.69, 9.17) is 11.6 Å². The van der Waals surface area contributed by atoms with E-state index < -0.39 is 5.37 Å². The topological polar surface area (TPSA) is 49.4 Å². The molecule has 22 heavy (non-hydrogen) atoms. The first-order valence-corrected chi connectivity index (χ1v) is 7.97. The van der Waals surface area contributed by atoms with Gasteiger partial charge in [0.05, 0.1) is 6.54 Å². The first-order valence-electron chi connectivity index (χ1n) is 6.71. The number of halogens is 1. The van der Waals surface area contributed by atoms with E-state index in [0.29, 0.717) is 11.6 Å². The third-order valence-corrected chi connectivity index (χ3v) is 4.48. The maximum atomic E-state index is 12.4. The fourth-order valence-electron chi connectivity index (χ4n) is 2.14. The standard InChI is InChI=1S/C16H13ClN2O2S/c17-12-6-8-13(9-7-12)18-14-15(20)19(16(21)22-14)10-11-4-2-1-3-5-11/h1-9,14,18H,10H2/t14-/m0/s1. The van der Waals surface area contributed by atoms with Crippen molar-refractivity contribution in [3.05, 3.63) is 65.2 Å². The SMILES string of the molecule is O=C1S[C@H](Nc2ccc(Cl)cc2)C(=O)N1Cc1ccccc1. The lowest BCUT2D eigenvalue weighted by Gasteiger charge is -2.15. The summed E-state index contributed by atoms with van der Waals surface area (Å²) in [5.41, 5.74) is 1.68. The van der Waals surface area contributed by atoms with E-state index in [1.807, 2.05) is 30.3 Å².